The number of pyridine rings is 1. The average molecular weight is 354 g/mol. The van der Waals surface area contributed by atoms with E-state index >= 15 is 0 Å². The molecule has 0 spiro atoms. The zero-order valence-electron chi connectivity index (χ0n) is 14.7. The number of aromatic nitrogens is 1. The summed E-state index contributed by atoms with van der Waals surface area (Å²) in [7, 11) is 0. The van der Waals surface area contributed by atoms with Crippen molar-refractivity contribution in [2.24, 2.45) is 4.99 Å². The molecular formula is C23H18N2O2. The van der Waals surface area contributed by atoms with E-state index in [4.69, 9.17) is 4.74 Å². The van der Waals surface area contributed by atoms with Crippen LogP contribution in [0.2, 0.25) is 0 Å². The van der Waals surface area contributed by atoms with Crippen LogP contribution in [0.1, 0.15) is 17.5 Å². The van der Waals surface area contributed by atoms with Gasteiger partial charge in [0.25, 0.3) is 0 Å². The van der Waals surface area contributed by atoms with Gasteiger partial charge < -0.3 is 4.74 Å². The summed E-state index contributed by atoms with van der Waals surface area (Å²) in [5.74, 6) is -0.0458. The number of carbonyl (C=O) groups excluding carboxylic acids is 1. The Morgan fingerprint density at radius 3 is 2.33 bits per heavy atom. The molecular weight excluding hydrogens is 336 g/mol. The lowest BCUT2D eigenvalue weighted by atomic mass is 10.0. The first-order valence-corrected chi connectivity index (χ1v) is 8.85. The predicted molar refractivity (Wildman–Crippen MR) is 105 cm³/mol. The fraction of sp³-hybridized carbons (Fsp3) is 0.0870. The van der Waals surface area contributed by atoms with Crippen LogP contribution in [0.5, 0.6) is 0 Å². The van der Waals surface area contributed by atoms with E-state index in [2.05, 4.69) is 22.1 Å². The van der Waals surface area contributed by atoms with Crippen molar-refractivity contribution in [3.8, 4) is 11.1 Å². The summed E-state index contributed by atoms with van der Waals surface area (Å²) in [6.07, 6.45) is 6.91. The fourth-order valence-electron chi connectivity index (χ4n) is 2.93. The first-order chi connectivity index (χ1) is 13.3. The van der Waals surface area contributed by atoms with Gasteiger partial charge in [0.15, 0.2) is 0 Å². The molecule has 132 valence electrons. The van der Waals surface area contributed by atoms with Crippen LogP contribution in [-0.4, -0.2) is 16.9 Å². The Hall–Kier alpha value is -3.53. The number of aliphatic imine (C=N–C) groups is 1. The Kier molecular flexibility index (Phi) is 4.88. The molecule has 0 atom stereocenters. The van der Waals surface area contributed by atoms with Gasteiger partial charge in [0.2, 0.25) is 5.90 Å². The lowest BCUT2D eigenvalue weighted by molar-refractivity contribution is -0.130. The lowest BCUT2D eigenvalue weighted by Crippen LogP contribution is -2.05. The van der Waals surface area contributed by atoms with Crippen LogP contribution < -0.4 is 0 Å². The van der Waals surface area contributed by atoms with Crippen molar-refractivity contribution >= 4 is 11.9 Å². The molecule has 0 bridgehead atoms. The molecule has 0 saturated carbocycles. The molecule has 2 heterocycles. The van der Waals surface area contributed by atoms with E-state index in [1.807, 2.05) is 66.9 Å². The molecule has 1 aliphatic heterocycles. The maximum Gasteiger partial charge on any atom is 0.363 e. The monoisotopic (exact) mass is 354 g/mol. The molecule has 1 aliphatic rings. The molecule has 2 aromatic carbocycles. The van der Waals surface area contributed by atoms with Crippen molar-refractivity contribution in [2.45, 2.75) is 12.8 Å². The van der Waals surface area contributed by atoms with E-state index < -0.39 is 5.97 Å². The SMILES string of the molecule is O=C1OC(c2ccc(-c3ccccc3)cc2)=N/C1=C/CCc1cccnc1. The van der Waals surface area contributed by atoms with E-state index in [-0.39, 0.29) is 0 Å². The fourth-order valence-corrected chi connectivity index (χ4v) is 2.93. The Morgan fingerprint density at radius 1 is 0.852 bits per heavy atom. The van der Waals surface area contributed by atoms with Crippen molar-refractivity contribution in [3.05, 3.63) is 102 Å². The molecule has 27 heavy (non-hydrogen) atoms. The van der Waals surface area contributed by atoms with E-state index in [0.717, 1.165) is 28.7 Å². The van der Waals surface area contributed by atoms with Gasteiger partial charge in [0, 0.05) is 18.0 Å². The smallest absolute Gasteiger partial charge is 0.363 e. The number of esters is 1. The van der Waals surface area contributed by atoms with Crippen LogP contribution in [0.25, 0.3) is 11.1 Å². The molecule has 0 amide bonds. The van der Waals surface area contributed by atoms with Gasteiger partial charge in [-0.2, -0.15) is 0 Å². The van der Waals surface area contributed by atoms with Crippen LogP contribution >= 0.6 is 0 Å². The molecule has 4 nitrogen and oxygen atoms in total. The number of aryl methyl sites for hydroxylation is 1. The summed E-state index contributed by atoms with van der Waals surface area (Å²) in [5, 5.41) is 0. The van der Waals surface area contributed by atoms with E-state index in [1.54, 1.807) is 6.20 Å². The maximum absolute atomic E-state index is 12.1. The van der Waals surface area contributed by atoms with Crippen LogP contribution in [0.4, 0.5) is 0 Å². The highest BCUT2D eigenvalue weighted by Gasteiger charge is 2.23. The molecule has 0 fully saturated rings. The highest BCUT2D eigenvalue weighted by molar-refractivity contribution is 6.11. The third-order valence-corrected chi connectivity index (χ3v) is 4.35. The van der Waals surface area contributed by atoms with Crippen molar-refractivity contribution in [1.82, 2.24) is 4.98 Å². The molecule has 0 unspecified atom stereocenters. The third kappa shape index (κ3) is 4.01. The van der Waals surface area contributed by atoms with Gasteiger partial charge in [-0.25, -0.2) is 9.79 Å². The Balaban J connectivity index is 1.47. The minimum Gasteiger partial charge on any atom is -0.402 e. The predicted octanol–water partition coefficient (Wildman–Crippen LogP) is 4.57. The Morgan fingerprint density at radius 2 is 1.59 bits per heavy atom. The minimum atomic E-state index is -0.400. The van der Waals surface area contributed by atoms with Gasteiger partial charge in [-0.1, -0.05) is 54.6 Å². The van der Waals surface area contributed by atoms with Crippen LogP contribution in [0.3, 0.4) is 0 Å². The Labute approximate surface area is 157 Å². The minimum absolute atomic E-state index is 0.354. The molecule has 4 rings (SSSR count). The van der Waals surface area contributed by atoms with Crippen LogP contribution in [-0.2, 0) is 16.0 Å². The second-order valence-electron chi connectivity index (χ2n) is 6.24. The molecule has 0 aliphatic carbocycles. The number of allylic oxidation sites excluding steroid dienone is 1. The molecule has 3 aromatic rings. The van der Waals surface area contributed by atoms with Gasteiger partial charge >= 0.3 is 5.97 Å². The normalized spacial score (nSPS) is 14.9. The average Bonchev–Trinajstić information content (AvgIpc) is 3.10. The molecule has 1 aromatic heterocycles. The van der Waals surface area contributed by atoms with Gasteiger partial charge in [-0.15, -0.1) is 0 Å². The van der Waals surface area contributed by atoms with Gasteiger partial charge in [-0.05, 0) is 47.7 Å². The van der Waals surface area contributed by atoms with E-state index in [0.29, 0.717) is 18.0 Å². The standard InChI is InChI=1S/C23H18N2O2/c26-23-21(10-4-6-17-7-5-15-24-16-17)25-22(27-23)20-13-11-19(12-14-20)18-8-2-1-3-9-18/h1-3,5,7-16H,4,6H2/b21-10+. The first-order valence-electron chi connectivity index (χ1n) is 8.85. The topological polar surface area (TPSA) is 51.5 Å². The van der Waals surface area contributed by atoms with E-state index in [1.165, 1.54) is 0 Å². The summed E-state index contributed by atoms with van der Waals surface area (Å²) < 4.78 is 5.34. The van der Waals surface area contributed by atoms with Crippen LogP contribution in [0, 0.1) is 0 Å². The van der Waals surface area contributed by atoms with Crippen LogP contribution in [0.15, 0.2) is 95.9 Å². The Bertz CT molecular complexity index is 992. The number of ether oxygens (including phenoxy) is 1. The van der Waals surface area contributed by atoms with Crippen molar-refractivity contribution in [2.75, 3.05) is 0 Å². The first kappa shape index (κ1) is 16.9. The summed E-state index contributed by atoms with van der Waals surface area (Å²) in [6, 6.07) is 21.9. The van der Waals surface area contributed by atoms with Crippen molar-refractivity contribution < 1.29 is 9.53 Å². The lowest BCUT2D eigenvalue weighted by Gasteiger charge is -2.03. The summed E-state index contributed by atoms with van der Waals surface area (Å²) >= 11 is 0. The van der Waals surface area contributed by atoms with Crippen molar-refractivity contribution in [1.29, 1.82) is 0 Å². The summed E-state index contributed by atoms with van der Waals surface area (Å²) in [6.45, 7) is 0. The quantitative estimate of drug-likeness (QED) is 0.498. The number of hydrogen-bond acceptors (Lipinski definition) is 4. The third-order valence-electron chi connectivity index (χ3n) is 4.35. The largest absolute Gasteiger partial charge is 0.402 e. The highest BCUT2D eigenvalue weighted by Crippen LogP contribution is 2.22. The number of carbonyl (C=O) groups is 1. The summed E-state index contributed by atoms with van der Waals surface area (Å²) in [5.41, 5.74) is 4.53. The number of hydrogen-bond donors (Lipinski definition) is 0. The number of cyclic esters (lactones) is 1. The van der Waals surface area contributed by atoms with Gasteiger partial charge in [-0.3, -0.25) is 4.98 Å². The van der Waals surface area contributed by atoms with Gasteiger partial charge in [0.05, 0.1) is 0 Å². The highest BCUT2D eigenvalue weighted by atomic mass is 16.6. The van der Waals surface area contributed by atoms with E-state index in [9.17, 15) is 4.79 Å². The zero-order valence-corrected chi connectivity index (χ0v) is 14.7. The molecule has 0 N–H and O–H groups in total. The second-order valence-corrected chi connectivity index (χ2v) is 6.24. The second kappa shape index (κ2) is 7.79. The number of benzene rings is 2. The van der Waals surface area contributed by atoms with Crippen molar-refractivity contribution in [3.63, 3.8) is 0 Å². The molecule has 0 radical (unpaired) electrons. The number of nitrogens with zero attached hydrogens (tertiary/aromatic N) is 2. The summed E-state index contributed by atoms with van der Waals surface area (Å²) in [4.78, 5) is 20.5. The molecule has 4 heteroatoms. The number of rotatable bonds is 5. The zero-order chi connectivity index (χ0) is 18.5. The molecule has 0 saturated heterocycles. The maximum atomic E-state index is 12.1. The van der Waals surface area contributed by atoms with Gasteiger partial charge in [0.1, 0.15) is 5.70 Å².